The molecule has 3 rings (SSSR count). The van der Waals surface area contributed by atoms with Crippen LogP contribution in [0.2, 0.25) is 0 Å². The number of phenols is 1. The first kappa shape index (κ1) is 22.8. The second-order valence-corrected chi connectivity index (χ2v) is 8.27. The number of fused-ring (bicyclic) bond motifs is 1. The fourth-order valence-electron chi connectivity index (χ4n) is 3.02. The molecule has 0 saturated carbocycles. The molecule has 0 spiro atoms. The van der Waals surface area contributed by atoms with Crippen molar-refractivity contribution in [1.82, 2.24) is 20.8 Å². The summed E-state index contributed by atoms with van der Waals surface area (Å²) in [5.41, 5.74) is 1.17. The fourth-order valence-corrected chi connectivity index (χ4v) is 4.23. The molecule has 31 heavy (non-hydrogen) atoms. The molecule has 1 aliphatic rings. The first-order chi connectivity index (χ1) is 14.8. The first-order valence-electron chi connectivity index (χ1n) is 9.30. The average Bonchev–Trinajstić information content (AvgIpc) is 3.17. The zero-order chi connectivity index (χ0) is 22.5. The lowest BCUT2D eigenvalue weighted by atomic mass is 10.0. The van der Waals surface area contributed by atoms with Gasteiger partial charge in [0.25, 0.3) is 0 Å². The summed E-state index contributed by atoms with van der Waals surface area (Å²) in [4.78, 5) is 29.5. The van der Waals surface area contributed by atoms with Gasteiger partial charge in [-0.1, -0.05) is 17.4 Å². The molecular formula is C19H22N4O6S2. The van der Waals surface area contributed by atoms with E-state index in [4.69, 9.17) is 26.2 Å². The van der Waals surface area contributed by atoms with Gasteiger partial charge in [0.05, 0.1) is 19.2 Å². The van der Waals surface area contributed by atoms with Crippen molar-refractivity contribution in [2.45, 2.75) is 25.6 Å². The molecule has 1 amide bonds. The van der Waals surface area contributed by atoms with Crippen LogP contribution in [0.1, 0.15) is 39.2 Å². The second kappa shape index (κ2) is 9.96. The van der Waals surface area contributed by atoms with Gasteiger partial charge >= 0.3 is 5.97 Å². The van der Waals surface area contributed by atoms with E-state index in [2.05, 4.69) is 20.8 Å². The minimum absolute atomic E-state index is 0.0936. The maximum atomic E-state index is 12.8. The number of phenolic OH excluding ortho intramolecular Hbond substituents is 1. The van der Waals surface area contributed by atoms with Crippen molar-refractivity contribution < 1.29 is 28.7 Å². The van der Waals surface area contributed by atoms with E-state index < -0.39 is 12.0 Å². The quantitative estimate of drug-likeness (QED) is 0.439. The van der Waals surface area contributed by atoms with Crippen molar-refractivity contribution >= 4 is 40.8 Å². The number of cyclic esters (lactones) is 1. The van der Waals surface area contributed by atoms with E-state index in [1.54, 1.807) is 13.8 Å². The summed E-state index contributed by atoms with van der Waals surface area (Å²) in [7, 11) is 1.45. The molecule has 1 aromatic heterocycles. The van der Waals surface area contributed by atoms with E-state index in [9.17, 15) is 14.7 Å². The minimum atomic E-state index is -0.642. The zero-order valence-electron chi connectivity index (χ0n) is 17.2. The molecule has 0 fully saturated rings. The highest BCUT2D eigenvalue weighted by molar-refractivity contribution is 7.98. The lowest BCUT2D eigenvalue weighted by Crippen LogP contribution is -2.40. The number of nitrogens with zero attached hydrogens (tertiary/aromatic N) is 2. The number of aromatic nitrogens is 2. The molecular weight excluding hydrogens is 444 g/mol. The molecule has 1 aromatic carbocycles. The van der Waals surface area contributed by atoms with Gasteiger partial charge in [-0.3, -0.25) is 4.79 Å². The van der Waals surface area contributed by atoms with Crippen LogP contribution in [-0.2, 0) is 15.3 Å². The van der Waals surface area contributed by atoms with Gasteiger partial charge < -0.3 is 29.7 Å². The predicted octanol–water partition coefficient (Wildman–Crippen LogP) is 1.58. The van der Waals surface area contributed by atoms with Crippen LogP contribution < -0.4 is 15.4 Å². The van der Waals surface area contributed by atoms with Crippen molar-refractivity contribution in [2.24, 2.45) is 0 Å². The number of aryl methyl sites for hydroxylation is 1. The van der Waals surface area contributed by atoms with Crippen LogP contribution >= 0.6 is 24.0 Å². The van der Waals surface area contributed by atoms with Crippen molar-refractivity contribution in [1.29, 1.82) is 0 Å². The first-order valence-corrected chi connectivity index (χ1v) is 10.9. The topological polar surface area (TPSA) is 136 Å². The Morgan fingerprint density at radius 3 is 2.81 bits per heavy atom. The molecule has 0 bridgehead atoms. The van der Waals surface area contributed by atoms with Gasteiger partial charge in [0.2, 0.25) is 11.8 Å². The average molecular weight is 467 g/mol. The third kappa shape index (κ3) is 5.44. The lowest BCUT2D eigenvalue weighted by molar-refractivity contribution is -0.120. The summed E-state index contributed by atoms with van der Waals surface area (Å²) >= 11 is 6.52. The van der Waals surface area contributed by atoms with Gasteiger partial charge in [0, 0.05) is 28.7 Å². The SMILES string of the molecule is COc1cc(O)c2c(c1C)C(=O)OCC(=S)NCC(=O)N[C@H](c1nc(C)no1)CSC2. The highest BCUT2D eigenvalue weighted by Gasteiger charge is 2.26. The Balaban J connectivity index is 1.95. The van der Waals surface area contributed by atoms with Crippen molar-refractivity contribution in [3.05, 3.63) is 34.5 Å². The number of methoxy groups -OCH3 is 1. The standard InChI is InChI=1S/C19H22N4O6S2/c1-9-14(27-3)4-13(24)11-7-31-8-12(18-21-10(2)23-29-18)22-15(25)5-20-16(30)6-28-19(26)17(9)11/h4,12,24H,5-8H2,1-3H3,(H,20,30)(H,22,25)/t12-/m0/s1. The monoisotopic (exact) mass is 466 g/mol. The smallest absolute Gasteiger partial charge is 0.339 e. The minimum Gasteiger partial charge on any atom is -0.507 e. The van der Waals surface area contributed by atoms with Crippen LogP contribution in [-0.4, -0.2) is 58.1 Å². The molecule has 1 aliphatic heterocycles. The Labute approximate surface area is 188 Å². The van der Waals surface area contributed by atoms with Crippen LogP contribution in [0.25, 0.3) is 0 Å². The van der Waals surface area contributed by atoms with Gasteiger partial charge in [-0.05, 0) is 13.8 Å². The normalized spacial score (nSPS) is 18.3. The summed E-state index contributed by atoms with van der Waals surface area (Å²) in [6, 6.07) is 0.895. The number of aromatic hydroxyl groups is 1. The third-order valence-corrected chi connectivity index (χ3v) is 5.86. The lowest BCUT2D eigenvalue weighted by Gasteiger charge is -2.19. The summed E-state index contributed by atoms with van der Waals surface area (Å²) in [5.74, 6) is 0.632. The molecule has 10 nitrogen and oxygen atoms in total. The number of carbonyl (C=O) groups excluding carboxylic acids is 2. The van der Waals surface area contributed by atoms with E-state index in [0.717, 1.165) is 0 Å². The van der Waals surface area contributed by atoms with Gasteiger partial charge in [-0.2, -0.15) is 16.7 Å². The highest BCUT2D eigenvalue weighted by atomic mass is 32.2. The van der Waals surface area contributed by atoms with Gasteiger partial charge in [0.15, 0.2) is 5.82 Å². The number of thioether (sulfide) groups is 1. The Kier molecular flexibility index (Phi) is 7.33. The second-order valence-electron chi connectivity index (χ2n) is 6.74. The molecule has 2 aromatic rings. The van der Waals surface area contributed by atoms with E-state index in [1.165, 1.54) is 24.9 Å². The largest absolute Gasteiger partial charge is 0.507 e. The molecule has 0 aliphatic carbocycles. The molecule has 1 atom stereocenters. The number of benzene rings is 1. The Hall–Kier alpha value is -2.86. The molecule has 0 saturated heterocycles. The number of ether oxygens (including phenoxy) is 2. The predicted molar refractivity (Wildman–Crippen MR) is 116 cm³/mol. The number of thiocarbonyl (C=S) groups is 1. The Bertz CT molecular complexity index is 1010. The summed E-state index contributed by atoms with van der Waals surface area (Å²) in [6.07, 6.45) is 0. The van der Waals surface area contributed by atoms with Crippen LogP contribution in [0.3, 0.4) is 0 Å². The number of nitrogens with one attached hydrogen (secondary N) is 2. The van der Waals surface area contributed by atoms with Gasteiger partial charge in [-0.15, -0.1) is 0 Å². The summed E-state index contributed by atoms with van der Waals surface area (Å²) < 4.78 is 15.8. The molecule has 0 radical (unpaired) electrons. The molecule has 2 heterocycles. The van der Waals surface area contributed by atoms with Crippen molar-refractivity contribution in [2.75, 3.05) is 26.0 Å². The fraction of sp³-hybridized carbons (Fsp3) is 0.421. The number of hydrogen-bond donors (Lipinski definition) is 3. The Morgan fingerprint density at radius 2 is 2.13 bits per heavy atom. The maximum Gasteiger partial charge on any atom is 0.339 e. The molecule has 166 valence electrons. The molecule has 0 unspecified atom stereocenters. The van der Waals surface area contributed by atoms with E-state index >= 15 is 0 Å². The molecule has 3 N–H and O–H groups in total. The summed E-state index contributed by atoms with van der Waals surface area (Å²) in [5, 5.41) is 19.9. The van der Waals surface area contributed by atoms with Crippen LogP contribution in [0.5, 0.6) is 11.5 Å². The highest BCUT2D eigenvalue weighted by Crippen LogP contribution is 2.36. The third-order valence-electron chi connectivity index (χ3n) is 4.54. The Morgan fingerprint density at radius 1 is 1.35 bits per heavy atom. The van der Waals surface area contributed by atoms with Crippen LogP contribution in [0, 0.1) is 13.8 Å². The summed E-state index contributed by atoms with van der Waals surface area (Å²) in [6.45, 7) is 3.08. The van der Waals surface area contributed by atoms with Crippen molar-refractivity contribution in [3.63, 3.8) is 0 Å². The van der Waals surface area contributed by atoms with E-state index in [0.29, 0.717) is 28.5 Å². The van der Waals surface area contributed by atoms with Crippen LogP contribution in [0.4, 0.5) is 0 Å². The number of carbonyl (C=O) groups is 2. The number of amides is 1. The zero-order valence-corrected chi connectivity index (χ0v) is 18.8. The van der Waals surface area contributed by atoms with Crippen molar-refractivity contribution in [3.8, 4) is 11.5 Å². The maximum absolute atomic E-state index is 12.8. The van der Waals surface area contributed by atoms with E-state index in [-0.39, 0.29) is 47.0 Å². The number of rotatable bonds is 2. The van der Waals surface area contributed by atoms with Gasteiger partial charge in [0.1, 0.15) is 29.1 Å². The number of hydrogen-bond acceptors (Lipinski definition) is 10. The number of esters is 1. The van der Waals surface area contributed by atoms with E-state index in [1.807, 2.05) is 0 Å². The van der Waals surface area contributed by atoms with Gasteiger partial charge in [-0.25, -0.2) is 4.79 Å². The van der Waals surface area contributed by atoms with Crippen LogP contribution in [0.15, 0.2) is 10.6 Å². The molecule has 12 heteroatoms.